The van der Waals surface area contributed by atoms with Crippen LogP contribution in [-0.2, 0) is 10.0 Å². The molecule has 0 fully saturated rings. The van der Waals surface area contributed by atoms with E-state index in [9.17, 15) is 13.2 Å². The van der Waals surface area contributed by atoms with Gasteiger partial charge in [0, 0.05) is 10.6 Å². The Hall–Kier alpha value is -2.60. The summed E-state index contributed by atoms with van der Waals surface area (Å²) in [6.07, 6.45) is 0.0195. The average molecular weight is 423 g/mol. The number of nitriles is 1. The minimum atomic E-state index is -3.85. The van der Waals surface area contributed by atoms with Crippen LogP contribution >= 0.6 is 23.2 Å². The molecule has 0 saturated carbocycles. The first-order valence-electron chi connectivity index (χ1n) is 7.68. The van der Waals surface area contributed by atoms with Crippen molar-refractivity contribution in [1.29, 1.82) is 5.26 Å². The number of halogens is 2. The lowest BCUT2D eigenvalue weighted by atomic mass is 10.2. The minimum absolute atomic E-state index is 0.00183. The smallest absolute Gasteiger partial charge is 0.278 e. The number of hydrogen-bond acceptors (Lipinski definition) is 5. The number of fused-ring (bicyclic) bond motifs is 1. The molecule has 0 spiro atoms. The number of amidine groups is 1. The summed E-state index contributed by atoms with van der Waals surface area (Å²) in [5.41, 5.74) is 3.21. The molecule has 2 aromatic rings. The lowest BCUT2D eigenvalue weighted by Gasteiger charge is -2.24. The van der Waals surface area contributed by atoms with Gasteiger partial charge in [-0.25, -0.2) is 5.01 Å². The maximum Gasteiger partial charge on any atom is 0.285 e. The molecule has 138 valence electrons. The van der Waals surface area contributed by atoms with E-state index in [1.807, 2.05) is 6.07 Å². The highest BCUT2D eigenvalue weighted by molar-refractivity contribution is 7.90. The van der Waals surface area contributed by atoms with E-state index in [2.05, 4.69) is 9.82 Å². The molecule has 0 saturated heterocycles. The molecular weight excluding hydrogens is 411 g/mol. The molecule has 1 aliphatic heterocycles. The second-order valence-electron chi connectivity index (χ2n) is 5.51. The molecule has 0 aromatic heterocycles. The summed E-state index contributed by atoms with van der Waals surface area (Å²) < 4.78 is 28.0. The molecule has 1 heterocycles. The molecule has 2 aromatic carbocycles. The van der Waals surface area contributed by atoms with Crippen molar-refractivity contribution in [2.24, 2.45) is 4.40 Å². The van der Waals surface area contributed by atoms with E-state index in [0.29, 0.717) is 10.6 Å². The predicted molar refractivity (Wildman–Crippen MR) is 101 cm³/mol. The first-order valence-corrected chi connectivity index (χ1v) is 9.88. The molecule has 10 heteroatoms. The van der Waals surface area contributed by atoms with E-state index in [0.717, 1.165) is 5.01 Å². The first-order chi connectivity index (χ1) is 12.8. The molecule has 1 N–H and O–H groups in total. The minimum Gasteiger partial charge on any atom is -0.278 e. The van der Waals surface area contributed by atoms with E-state index < -0.39 is 15.9 Å². The standard InChI is InChI=1S/C17H12Cl2N4O3S/c18-11-6-7-12(14(19)10-11)17(24)23(9-3-8-20)21-16-13-4-1-2-5-15(13)27(25,26)22-16/h1-2,4-7,10H,3,9H2,(H,21,22). The Labute approximate surface area is 165 Å². The molecule has 27 heavy (non-hydrogen) atoms. The number of carbonyl (C=O) groups is 1. The van der Waals surface area contributed by atoms with Crippen LogP contribution in [0.3, 0.4) is 0 Å². The number of hydrogen-bond donors (Lipinski definition) is 1. The van der Waals surface area contributed by atoms with Crippen molar-refractivity contribution in [3.05, 3.63) is 63.6 Å². The summed E-state index contributed by atoms with van der Waals surface area (Å²) in [5.74, 6) is -0.543. The van der Waals surface area contributed by atoms with Gasteiger partial charge in [0.2, 0.25) is 0 Å². The third kappa shape index (κ3) is 3.90. The van der Waals surface area contributed by atoms with E-state index in [4.69, 9.17) is 28.5 Å². The Bertz CT molecular complexity index is 1090. The van der Waals surface area contributed by atoms with Crippen molar-refractivity contribution < 1.29 is 13.2 Å². The third-order valence-electron chi connectivity index (χ3n) is 3.73. The number of carbonyl (C=O) groups excluding carboxylic acids is 1. The van der Waals surface area contributed by atoms with Crippen molar-refractivity contribution in [2.45, 2.75) is 11.3 Å². The maximum absolute atomic E-state index is 12.9. The average Bonchev–Trinajstić information content (AvgIpc) is 2.89. The number of hydrazine groups is 1. The zero-order chi connectivity index (χ0) is 19.6. The van der Waals surface area contributed by atoms with Gasteiger partial charge in [0.05, 0.1) is 29.6 Å². The van der Waals surface area contributed by atoms with Gasteiger partial charge in [-0.2, -0.15) is 13.7 Å². The lowest BCUT2D eigenvalue weighted by molar-refractivity contribution is 0.0715. The summed E-state index contributed by atoms with van der Waals surface area (Å²) in [7, 11) is -3.85. The summed E-state index contributed by atoms with van der Waals surface area (Å²) >= 11 is 12.0. The number of nitrogens with zero attached hydrogens (tertiary/aromatic N) is 3. The monoisotopic (exact) mass is 422 g/mol. The Balaban J connectivity index is 1.95. The second kappa shape index (κ2) is 7.56. The van der Waals surface area contributed by atoms with Gasteiger partial charge in [-0.1, -0.05) is 35.3 Å². The van der Waals surface area contributed by atoms with E-state index in [1.165, 1.54) is 24.3 Å². The quantitative estimate of drug-likeness (QED) is 0.765. The highest BCUT2D eigenvalue weighted by atomic mass is 35.5. The van der Waals surface area contributed by atoms with E-state index in [-0.39, 0.29) is 34.3 Å². The molecule has 3 rings (SSSR count). The highest BCUT2D eigenvalue weighted by Crippen LogP contribution is 2.26. The zero-order valence-electron chi connectivity index (χ0n) is 13.7. The van der Waals surface area contributed by atoms with Crippen LogP contribution < -0.4 is 5.43 Å². The number of amides is 1. The normalized spacial score (nSPS) is 14.0. The topological polar surface area (TPSA) is 103 Å². The van der Waals surface area contributed by atoms with Gasteiger partial charge >= 0.3 is 0 Å². The molecule has 1 amide bonds. The van der Waals surface area contributed by atoms with Gasteiger partial charge in [0.25, 0.3) is 15.9 Å². The largest absolute Gasteiger partial charge is 0.285 e. The summed E-state index contributed by atoms with van der Waals surface area (Å²) in [5, 5.41) is 10.5. The summed E-state index contributed by atoms with van der Waals surface area (Å²) in [6.45, 7) is -0.00444. The van der Waals surface area contributed by atoms with Crippen LogP contribution in [0.1, 0.15) is 22.3 Å². The Morgan fingerprint density at radius 1 is 1.22 bits per heavy atom. The number of nitrogens with one attached hydrogen (secondary N) is 1. The molecule has 0 bridgehead atoms. The fraction of sp³-hybridized carbons (Fsp3) is 0.118. The number of benzene rings is 2. The Morgan fingerprint density at radius 3 is 2.67 bits per heavy atom. The van der Waals surface area contributed by atoms with Crippen LogP contribution in [0.15, 0.2) is 51.8 Å². The molecule has 0 atom stereocenters. The Morgan fingerprint density at radius 2 is 1.96 bits per heavy atom. The van der Waals surface area contributed by atoms with Crippen LogP contribution in [0.25, 0.3) is 0 Å². The van der Waals surface area contributed by atoms with Gasteiger partial charge in [-0.3, -0.25) is 10.2 Å². The van der Waals surface area contributed by atoms with Crippen molar-refractivity contribution in [3.8, 4) is 6.07 Å². The van der Waals surface area contributed by atoms with Crippen LogP contribution in [0.5, 0.6) is 0 Å². The highest BCUT2D eigenvalue weighted by Gasteiger charge is 2.30. The van der Waals surface area contributed by atoms with Crippen LogP contribution in [0, 0.1) is 11.3 Å². The zero-order valence-corrected chi connectivity index (χ0v) is 16.0. The predicted octanol–water partition coefficient (Wildman–Crippen LogP) is 3.00. The van der Waals surface area contributed by atoms with Crippen molar-refractivity contribution >= 4 is 45.0 Å². The molecular formula is C17H12Cl2N4O3S. The van der Waals surface area contributed by atoms with Crippen molar-refractivity contribution in [2.75, 3.05) is 6.54 Å². The van der Waals surface area contributed by atoms with Crippen LogP contribution in [-0.4, -0.2) is 31.7 Å². The Kier molecular flexibility index (Phi) is 5.37. The van der Waals surface area contributed by atoms with Gasteiger partial charge < -0.3 is 0 Å². The summed E-state index contributed by atoms with van der Waals surface area (Å²) in [6, 6.07) is 12.6. The molecule has 0 aliphatic carbocycles. The van der Waals surface area contributed by atoms with Gasteiger partial charge in [-0.15, -0.1) is 4.40 Å². The molecule has 0 radical (unpaired) electrons. The summed E-state index contributed by atoms with van der Waals surface area (Å²) in [4.78, 5) is 12.9. The van der Waals surface area contributed by atoms with Crippen molar-refractivity contribution in [1.82, 2.24) is 10.4 Å². The number of rotatable bonds is 3. The molecule has 7 nitrogen and oxygen atoms in total. The fourth-order valence-electron chi connectivity index (χ4n) is 2.49. The fourth-order valence-corrected chi connectivity index (χ4v) is 4.15. The molecule has 0 unspecified atom stereocenters. The molecule has 1 aliphatic rings. The maximum atomic E-state index is 12.9. The van der Waals surface area contributed by atoms with E-state index in [1.54, 1.807) is 18.2 Å². The first kappa shape index (κ1) is 19.2. The lowest BCUT2D eigenvalue weighted by Crippen LogP contribution is -2.46. The van der Waals surface area contributed by atoms with Crippen LogP contribution in [0.2, 0.25) is 10.0 Å². The SMILES string of the molecule is N#CCCN(NC1=NS(=O)(=O)c2ccccc21)C(=O)c1ccc(Cl)cc1Cl. The van der Waals surface area contributed by atoms with Gasteiger partial charge in [-0.05, 0) is 30.3 Å². The number of sulfonamides is 1. The van der Waals surface area contributed by atoms with Crippen LogP contribution in [0.4, 0.5) is 0 Å². The third-order valence-corrected chi connectivity index (χ3v) is 5.61. The second-order valence-corrected chi connectivity index (χ2v) is 7.93. The van der Waals surface area contributed by atoms with Gasteiger partial charge in [0.15, 0.2) is 5.84 Å². The van der Waals surface area contributed by atoms with E-state index >= 15 is 0 Å². The van der Waals surface area contributed by atoms with Crippen molar-refractivity contribution in [3.63, 3.8) is 0 Å². The van der Waals surface area contributed by atoms with Gasteiger partial charge in [0.1, 0.15) is 4.90 Å².